The maximum atomic E-state index is 12.2. The standard InChI is InChI=1S/C18H20N6O.C2F6.C2HF3O2.2CH2O2/c1-13-6-9-23(10-7-13)17-5-4-16-20-15(12-24(16)22-17)21-18(25)14-3-2-8-19-11-14;3-1(4,5)2(6,7)8;3-2(4,5)1(6)7;2*2-1-3/h2-5,8,11-13H,6-7,9-10H2,1H3,(H,21,25);;(H,6,7);2*1H,(H,2,3). The van der Waals surface area contributed by atoms with Crippen LogP contribution < -0.4 is 10.2 Å². The molecule has 0 bridgehead atoms. The molecule has 0 atom stereocenters. The van der Waals surface area contributed by atoms with Gasteiger partial charge >= 0.3 is 24.5 Å². The van der Waals surface area contributed by atoms with Gasteiger partial charge in [0, 0.05) is 25.5 Å². The molecule has 1 fully saturated rings. The number of hydrogen-bond donors (Lipinski definition) is 4. The zero-order chi connectivity index (χ0) is 35.7. The SMILES string of the molecule is CC1CCN(c2ccc3nc(NC(=O)c4cccnc4)cn3n2)CC1.FC(F)(F)C(F)(F)F.O=C(O)C(F)(F)F.O=CO.O=CO. The molecule has 0 saturated carbocycles. The van der Waals surface area contributed by atoms with E-state index in [0.29, 0.717) is 17.0 Å². The summed E-state index contributed by atoms with van der Waals surface area (Å²) in [5, 5.41) is 28.3. The molecule has 1 saturated heterocycles. The Morgan fingerprint density at radius 1 is 0.935 bits per heavy atom. The second-order valence-electron chi connectivity index (χ2n) is 8.50. The Morgan fingerprint density at radius 3 is 1.85 bits per heavy atom. The largest absolute Gasteiger partial charge is 0.490 e. The number of nitrogens with zero attached hydrogens (tertiary/aromatic N) is 5. The third-order valence-electron chi connectivity index (χ3n) is 5.14. The molecule has 46 heavy (non-hydrogen) atoms. The minimum absolute atomic E-state index is 0.234. The van der Waals surface area contributed by atoms with Crippen molar-refractivity contribution in [3.8, 4) is 0 Å². The first-order chi connectivity index (χ1) is 21.2. The summed E-state index contributed by atoms with van der Waals surface area (Å²) in [6, 6.07) is 7.36. The van der Waals surface area contributed by atoms with Crippen molar-refractivity contribution >= 4 is 42.1 Å². The molecular weight excluding hydrogens is 655 g/mol. The molecule has 4 rings (SSSR count). The van der Waals surface area contributed by atoms with Crippen molar-refractivity contribution in [3.63, 3.8) is 0 Å². The van der Waals surface area contributed by atoms with Gasteiger partial charge in [0.1, 0.15) is 5.82 Å². The third-order valence-corrected chi connectivity index (χ3v) is 5.14. The molecule has 13 nitrogen and oxygen atoms in total. The number of pyridine rings is 1. The van der Waals surface area contributed by atoms with E-state index in [2.05, 4.69) is 32.2 Å². The molecule has 0 spiro atoms. The van der Waals surface area contributed by atoms with Gasteiger partial charge in [-0.2, -0.15) is 39.5 Å². The van der Waals surface area contributed by atoms with Crippen LogP contribution >= 0.6 is 0 Å². The zero-order valence-electron chi connectivity index (χ0n) is 23.2. The van der Waals surface area contributed by atoms with E-state index in [1.54, 1.807) is 29.0 Å². The number of fused-ring (bicyclic) bond motifs is 1. The molecule has 4 N–H and O–H groups in total. The van der Waals surface area contributed by atoms with E-state index in [0.717, 1.165) is 24.8 Å². The second-order valence-corrected chi connectivity index (χ2v) is 8.50. The van der Waals surface area contributed by atoms with Gasteiger partial charge in [0.15, 0.2) is 11.5 Å². The third kappa shape index (κ3) is 15.0. The highest BCUT2D eigenvalue weighted by Crippen LogP contribution is 2.35. The van der Waals surface area contributed by atoms with Gasteiger partial charge < -0.3 is 25.5 Å². The Labute approximate surface area is 252 Å². The highest BCUT2D eigenvalue weighted by atomic mass is 19.5. The molecule has 1 amide bonds. The van der Waals surface area contributed by atoms with Crippen LogP contribution in [0.2, 0.25) is 0 Å². The minimum Gasteiger partial charge on any atom is -0.483 e. The number of imidazole rings is 1. The molecule has 4 heterocycles. The van der Waals surface area contributed by atoms with Crippen molar-refractivity contribution in [2.75, 3.05) is 23.3 Å². The fourth-order valence-electron chi connectivity index (χ4n) is 3.02. The van der Waals surface area contributed by atoms with E-state index in [1.165, 1.54) is 19.0 Å². The minimum atomic E-state index is -6.06. The molecule has 3 aromatic heterocycles. The fraction of sp³-hybridized carbons (Fsp3) is 0.375. The number of piperidine rings is 1. The van der Waals surface area contributed by atoms with E-state index in [1.807, 2.05) is 12.1 Å². The number of aromatic nitrogens is 4. The van der Waals surface area contributed by atoms with Crippen molar-refractivity contribution < 1.29 is 74.0 Å². The number of hydrogen-bond acceptors (Lipinski definition) is 8. The van der Waals surface area contributed by atoms with Crippen LogP contribution in [0.25, 0.3) is 5.65 Å². The van der Waals surface area contributed by atoms with Crippen LogP contribution in [-0.2, 0) is 14.4 Å². The van der Waals surface area contributed by atoms with Crippen LogP contribution in [-0.4, -0.2) is 91.3 Å². The summed E-state index contributed by atoms with van der Waals surface area (Å²) in [5.74, 6) is -0.788. The van der Waals surface area contributed by atoms with Crippen molar-refractivity contribution in [3.05, 3.63) is 48.4 Å². The van der Waals surface area contributed by atoms with Crippen LogP contribution in [0, 0.1) is 5.92 Å². The maximum absolute atomic E-state index is 12.2. The molecule has 1 aliphatic rings. The average molecular weight is 680 g/mol. The van der Waals surface area contributed by atoms with E-state index in [-0.39, 0.29) is 18.9 Å². The lowest BCUT2D eigenvalue weighted by molar-refractivity contribution is -0.339. The summed E-state index contributed by atoms with van der Waals surface area (Å²) >= 11 is 0. The summed E-state index contributed by atoms with van der Waals surface area (Å²) in [4.78, 5) is 48.5. The number of carboxylic acid groups (broad SMARTS) is 3. The Balaban J connectivity index is 0.000000794. The highest BCUT2D eigenvalue weighted by molar-refractivity contribution is 6.03. The number of nitrogens with one attached hydrogen (secondary N) is 1. The summed E-state index contributed by atoms with van der Waals surface area (Å²) in [5.41, 5.74) is 1.20. The number of carbonyl (C=O) groups is 4. The maximum Gasteiger partial charge on any atom is 0.490 e. The monoisotopic (exact) mass is 680 g/mol. The van der Waals surface area contributed by atoms with Gasteiger partial charge in [-0.3, -0.25) is 19.4 Å². The molecule has 0 radical (unpaired) electrons. The number of amides is 1. The van der Waals surface area contributed by atoms with Crippen LogP contribution in [0.5, 0.6) is 0 Å². The highest BCUT2D eigenvalue weighted by Gasteiger charge is 2.58. The number of alkyl halides is 9. The van der Waals surface area contributed by atoms with E-state index < -0.39 is 24.5 Å². The molecule has 256 valence electrons. The molecular formula is C24H25F9N6O7. The first kappa shape index (κ1) is 40.8. The zero-order valence-corrected chi connectivity index (χ0v) is 23.2. The summed E-state index contributed by atoms with van der Waals surface area (Å²) < 4.78 is 96.1. The van der Waals surface area contributed by atoms with Crippen molar-refractivity contribution in [2.45, 2.75) is 38.3 Å². The van der Waals surface area contributed by atoms with Crippen molar-refractivity contribution in [2.24, 2.45) is 5.92 Å². The molecule has 22 heteroatoms. The number of halogens is 9. The molecule has 3 aromatic rings. The van der Waals surface area contributed by atoms with Crippen LogP contribution in [0.3, 0.4) is 0 Å². The Hall–Kier alpha value is -5.18. The number of carbonyl (C=O) groups excluding carboxylic acids is 1. The summed E-state index contributed by atoms with van der Waals surface area (Å²) in [6.45, 7) is 3.85. The number of aliphatic carboxylic acids is 1. The van der Waals surface area contributed by atoms with Gasteiger partial charge in [-0.15, -0.1) is 5.10 Å². The van der Waals surface area contributed by atoms with E-state index in [4.69, 9.17) is 29.7 Å². The predicted octanol–water partition coefficient (Wildman–Crippen LogP) is 4.76. The second kappa shape index (κ2) is 18.6. The Kier molecular flexibility index (Phi) is 16.5. The van der Waals surface area contributed by atoms with Gasteiger partial charge in [0.25, 0.3) is 18.9 Å². The average Bonchev–Trinajstić information content (AvgIpc) is 3.35. The van der Waals surface area contributed by atoms with Gasteiger partial charge in [0.2, 0.25) is 0 Å². The summed E-state index contributed by atoms with van der Waals surface area (Å²) in [6.07, 6.45) is -9.93. The van der Waals surface area contributed by atoms with Gasteiger partial charge in [0.05, 0.1) is 11.8 Å². The quantitative estimate of drug-likeness (QED) is 0.221. The number of carboxylic acids is 1. The Morgan fingerprint density at radius 2 is 1.43 bits per heavy atom. The normalized spacial score (nSPS) is 13.1. The van der Waals surface area contributed by atoms with Gasteiger partial charge in [-0.25, -0.2) is 14.3 Å². The van der Waals surface area contributed by atoms with Crippen LogP contribution in [0.15, 0.2) is 42.9 Å². The van der Waals surface area contributed by atoms with Crippen LogP contribution in [0.1, 0.15) is 30.1 Å². The summed E-state index contributed by atoms with van der Waals surface area (Å²) in [7, 11) is 0. The lowest BCUT2D eigenvalue weighted by atomic mass is 9.99. The van der Waals surface area contributed by atoms with Crippen molar-refractivity contribution in [1.82, 2.24) is 19.6 Å². The van der Waals surface area contributed by atoms with Gasteiger partial charge in [-0.05, 0) is 43.0 Å². The molecule has 0 aliphatic carbocycles. The van der Waals surface area contributed by atoms with Gasteiger partial charge in [-0.1, -0.05) is 6.92 Å². The Bertz CT molecular complexity index is 1360. The van der Waals surface area contributed by atoms with Crippen LogP contribution in [0.4, 0.5) is 51.1 Å². The van der Waals surface area contributed by atoms with E-state index >= 15 is 0 Å². The molecule has 1 aliphatic heterocycles. The lowest BCUT2D eigenvalue weighted by Crippen LogP contribution is -2.33. The first-order valence-corrected chi connectivity index (χ1v) is 12.1. The van der Waals surface area contributed by atoms with Crippen molar-refractivity contribution in [1.29, 1.82) is 0 Å². The molecule has 0 aromatic carbocycles. The fourth-order valence-corrected chi connectivity index (χ4v) is 3.02. The van der Waals surface area contributed by atoms with E-state index in [9.17, 15) is 44.3 Å². The topological polar surface area (TPSA) is 187 Å². The first-order valence-electron chi connectivity index (χ1n) is 12.1. The lowest BCUT2D eigenvalue weighted by Gasteiger charge is -2.30. The smallest absolute Gasteiger partial charge is 0.483 e. The number of anilines is 2. The predicted molar refractivity (Wildman–Crippen MR) is 139 cm³/mol. The molecule has 0 unspecified atom stereocenters. The number of rotatable bonds is 3.